The van der Waals surface area contributed by atoms with E-state index < -0.39 is 11.8 Å². The van der Waals surface area contributed by atoms with Gasteiger partial charge in [-0.05, 0) is 43.9 Å². The quantitative estimate of drug-likeness (QED) is 0.868. The Hall–Kier alpha value is -1.58. The van der Waals surface area contributed by atoms with Crippen molar-refractivity contribution in [3.05, 3.63) is 29.6 Å². The molecule has 1 unspecified atom stereocenters. The van der Waals surface area contributed by atoms with Crippen molar-refractivity contribution in [3.8, 4) is 0 Å². The SMILES string of the molecule is CC(Nc1cc(C(=O)O)ccc1F)C1CCCCC1. The Labute approximate surface area is 112 Å². The second kappa shape index (κ2) is 6.04. The molecule has 3 nitrogen and oxygen atoms in total. The zero-order valence-electron chi connectivity index (χ0n) is 11.2. The van der Waals surface area contributed by atoms with E-state index in [4.69, 9.17) is 5.11 Å². The molecule has 0 spiro atoms. The topological polar surface area (TPSA) is 49.3 Å². The lowest BCUT2D eigenvalue weighted by molar-refractivity contribution is 0.0697. The van der Waals surface area contributed by atoms with Gasteiger partial charge in [0, 0.05) is 6.04 Å². The lowest BCUT2D eigenvalue weighted by Gasteiger charge is -2.29. The van der Waals surface area contributed by atoms with Gasteiger partial charge in [0.1, 0.15) is 5.82 Å². The Balaban J connectivity index is 2.08. The lowest BCUT2D eigenvalue weighted by atomic mass is 9.84. The van der Waals surface area contributed by atoms with E-state index in [1.165, 1.54) is 37.5 Å². The molecule has 1 aliphatic rings. The van der Waals surface area contributed by atoms with Gasteiger partial charge < -0.3 is 10.4 Å². The average molecular weight is 265 g/mol. The summed E-state index contributed by atoms with van der Waals surface area (Å²) in [7, 11) is 0. The van der Waals surface area contributed by atoms with Gasteiger partial charge >= 0.3 is 5.97 Å². The summed E-state index contributed by atoms with van der Waals surface area (Å²) in [4.78, 5) is 10.9. The summed E-state index contributed by atoms with van der Waals surface area (Å²) in [6.07, 6.45) is 6.07. The Morgan fingerprint density at radius 2 is 2.05 bits per heavy atom. The van der Waals surface area contributed by atoms with Crippen molar-refractivity contribution < 1.29 is 14.3 Å². The van der Waals surface area contributed by atoms with E-state index in [9.17, 15) is 9.18 Å². The van der Waals surface area contributed by atoms with Gasteiger partial charge in [-0.3, -0.25) is 0 Å². The number of aromatic carboxylic acids is 1. The van der Waals surface area contributed by atoms with Crippen molar-refractivity contribution in [1.82, 2.24) is 0 Å². The number of anilines is 1. The van der Waals surface area contributed by atoms with Crippen LogP contribution in [-0.4, -0.2) is 17.1 Å². The predicted octanol–water partition coefficient (Wildman–Crippen LogP) is 3.90. The minimum atomic E-state index is -1.03. The number of hydrogen-bond acceptors (Lipinski definition) is 2. The molecular weight excluding hydrogens is 245 g/mol. The summed E-state index contributed by atoms with van der Waals surface area (Å²) in [5.41, 5.74) is 0.401. The van der Waals surface area contributed by atoms with Crippen LogP contribution >= 0.6 is 0 Å². The molecule has 19 heavy (non-hydrogen) atoms. The Kier molecular flexibility index (Phi) is 4.40. The van der Waals surface area contributed by atoms with Gasteiger partial charge in [0.2, 0.25) is 0 Å². The second-order valence-electron chi connectivity index (χ2n) is 5.33. The number of nitrogens with one attached hydrogen (secondary N) is 1. The molecule has 0 bridgehead atoms. The maximum Gasteiger partial charge on any atom is 0.335 e. The van der Waals surface area contributed by atoms with E-state index in [2.05, 4.69) is 5.32 Å². The van der Waals surface area contributed by atoms with Crippen molar-refractivity contribution in [2.75, 3.05) is 5.32 Å². The van der Waals surface area contributed by atoms with Crippen molar-refractivity contribution >= 4 is 11.7 Å². The summed E-state index contributed by atoms with van der Waals surface area (Å²) in [5, 5.41) is 12.1. The highest BCUT2D eigenvalue weighted by Gasteiger charge is 2.21. The second-order valence-corrected chi connectivity index (χ2v) is 5.33. The first-order chi connectivity index (χ1) is 9.08. The zero-order chi connectivity index (χ0) is 13.8. The number of carboxylic acid groups (broad SMARTS) is 1. The van der Waals surface area contributed by atoms with Crippen LogP contribution in [0.4, 0.5) is 10.1 Å². The zero-order valence-corrected chi connectivity index (χ0v) is 11.2. The molecule has 0 radical (unpaired) electrons. The van der Waals surface area contributed by atoms with Crippen LogP contribution in [0.2, 0.25) is 0 Å². The highest BCUT2D eigenvalue weighted by molar-refractivity contribution is 5.88. The average Bonchev–Trinajstić information content (AvgIpc) is 2.42. The summed E-state index contributed by atoms with van der Waals surface area (Å²) >= 11 is 0. The third kappa shape index (κ3) is 3.46. The first kappa shape index (κ1) is 13.8. The first-order valence-electron chi connectivity index (χ1n) is 6.87. The van der Waals surface area contributed by atoms with Crippen molar-refractivity contribution in [1.29, 1.82) is 0 Å². The highest BCUT2D eigenvalue weighted by Crippen LogP contribution is 2.28. The smallest absolute Gasteiger partial charge is 0.335 e. The van der Waals surface area contributed by atoms with E-state index in [0.717, 1.165) is 12.8 Å². The van der Waals surface area contributed by atoms with E-state index in [0.29, 0.717) is 5.92 Å². The molecule has 0 saturated heterocycles. The number of halogens is 1. The first-order valence-corrected chi connectivity index (χ1v) is 6.87. The van der Waals surface area contributed by atoms with Crippen LogP contribution in [-0.2, 0) is 0 Å². The van der Waals surface area contributed by atoms with Gasteiger partial charge in [0.05, 0.1) is 11.3 Å². The minimum Gasteiger partial charge on any atom is -0.478 e. The molecule has 0 amide bonds. The Morgan fingerprint density at radius 1 is 1.37 bits per heavy atom. The third-order valence-corrected chi connectivity index (χ3v) is 3.95. The normalized spacial score (nSPS) is 18.0. The highest BCUT2D eigenvalue weighted by atomic mass is 19.1. The molecule has 4 heteroatoms. The van der Waals surface area contributed by atoms with E-state index in [1.54, 1.807) is 0 Å². The monoisotopic (exact) mass is 265 g/mol. The van der Waals surface area contributed by atoms with Crippen molar-refractivity contribution in [2.24, 2.45) is 5.92 Å². The van der Waals surface area contributed by atoms with Crippen LogP contribution < -0.4 is 5.32 Å². The van der Waals surface area contributed by atoms with Crippen LogP contribution in [0.15, 0.2) is 18.2 Å². The maximum atomic E-state index is 13.7. The Bertz CT molecular complexity index is 455. The van der Waals surface area contributed by atoms with Crippen molar-refractivity contribution in [3.63, 3.8) is 0 Å². The van der Waals surface area contributed by atoms with Gasteiger partial charge in [0.15, 0.2) is 0 Å². The van der Waals surface area contributed by atoms with E-state index >= 15 is 0 Å². The largest absolute Gasteiger partial charge is 0.478 e. The molecular formula is C15H20FNO2. The van der Waals surface area contributed by atoms with Gasteiger partial charge in [-0.1, -0.05) is 19.3 Å². The molecule has 1 aromatic rings. The molecule has 2 rings (SSSR count). The molecule has 1 saturated carbocycles. The van der Waals surface area contributed by atoms with E-state index in [-0.39, 0.29) is 17.3 Å². The number of hydrogen-bond donors (Lipinski definition) is 2. The van der Waals surface area contributed by atoms with Gasteiger partial charge in [-0.15, -0.1) is 0 Å². The van der Waals surface area contributed by atoms with Gasteiger partial charge in [-0.25, -0.2) is 9.18 Å². The summed E-state index contributed by atoms with van der Waals surface area (Å²) in [6.45, 7) is 2.04. The molecule has 0 aliphatic heterocycles. The number of rotatable bonds is 4. The summed E-state index contributed by atoms with van der Waals surface area (Å²) in [5.74, 6) is -0.886. The molecule has 1 fully saturated rings. The van der Waals surface area contributed by atoms with Gasteiger partial charge in [-0.2, -0.15) is 0 Å². The third-order valence-electron chi connectivity index (χ3n) is 3.95. The fourth-order valence-electron chi connectivity index (χ4n) is 2.77. The van der Waals surface area contributed by atoms with Crippen LogP contribution in [0.3, 0.4) is 0 Å². The number of carbonyl (C=O) groups is 1. The van der Waals surface area contributed by atoms with Gasteiger partial charge in [0.25, 0.3) is 0 Å². The minimum absolute atomic E-state index is 0.111. The lowest BCUT2D eigenvalue weighted by Crippen LogP contribution is -2.28. The van der Waals surface area contributed by atoms with Crippen molar-refractivity contribution in [2.45, 2.75) is 45.1 Å². The maximum absolute atomic E-state index is 13.7. The molecule has 0 aromatic heterocycles. The molecule has 104 valence electrons. The summed E-state index contributed by atoms with van der Waals surface area (Å²) in [6, 6.07) is 4.03. The standard InChI is InChI=1S/C15H20FNO2/c1-10(11-5-3-2-4-6-11)17-14-9-12(15(18)19)7-8-13(14)16/h7-11,17H,2-6H2,1H3,(H,18,19). The number of benzene rings is 1. The van der Waals surface area contributed by atoms with E-state index in [1.807, 2.05) is 6.92 Å². The van der Waals surface area contributed by atoms with Crippen LogP contribution in [0, 0.1) is 11.7 Å². The molecule has 2 N–H and O–H groups in total. The number of carboxylic acids is 1. The predicted molar refractivity (Wildman–Crippen MR) is 73.0 cm³/mol. The van der Waals surface area contributed by atoms with Crippen LogP contribution in [0.25, 0.3) is 0 Å². The Morgan fingerprint density at radius 3 is 2.68 bits per heavy atom. The fraction of sp³-hybridized carbons (Fsp3) is 0.533. The fourth-order valence-corrected chi connectivity index (χ4v) is 2.77. The van der Waals surface area contributed by atoms with Crippen LogP contribution in [0.5, 0.6) is 0 Å². The van der Waals surface area contributed by atoms with Crippen LogP contribution in [0.1, 0.15) is 49.4 Å². The molecule has 1 aliphatic carbocycles. The molecule has 0 heterocycles. The molecule has 1 aromatic carbocycles. The summed E-state index contributed by atoms with van der Waals surface area (Å²) < 4.78 is 13.7. The molecule has 1 atom stereocenters.